The molecule has 0 aliphatic carbocycles. The Morgan fingerprint density at radius 2 is 0.416 bits per heavy atom. The standard InChI is InChI=1S/C32H26N2.C27H23N.C24H23NO2.C24H19N.C22H21N/c1-2-26-18-20-30(21-19-26)34(29-16-10-5-11-17-29)32-24-22-31(23-25-32)33(27-12-6-3-7-13-27)28-14-8-4-9-15-28;1-2-22-13-15-23(16-14-22)21-24-17-19-27(20-18-24)28(25-9-5-3-6-10-25)26-11-7-4-8-12-26;1-19(2)24(26)27-18-17-20-13-15-23(16-14-20)25(21-9-5-3-6-10-21)22-11-7-4-8-12-22;1-2-19-12-15-23(16-13-19)25(22-10-4-3-5-11-22)24-17-14-20-8-6-7-9-21(20)18-24;1-4-19-9-15-22(16-10-19)23(20-11-5-17(2)6-12-20)21-13-7-18(3)8-14-21/h2-25H,1H2;2-20H,1,21H2;3-16H,1,17-18H2,2H3;2-18H,1H2;4-16H,1H2,2-3H3. The number of para-hydroxylation sites is 8. The average Bonchev–Trinajstić information content (AvgIpc) is 0.817. The van der Waals surface area contributed by atoms with Crippen molar-refractivity contribution in [3.63, 3.8) is 0 Å². The maximum Gasteiger partial charge on any atom is 0.333 e. The number of hydrogen-bond donors (Lipinski definition) is 0. The molecule has 0 unspecified atom stereocenters. The molecule has 0 aliphatic rings. The first kappa shape index (κ1) is 94.1. The van der Waals surface area contributed by atoms with Gasteiger partial charge < -0.3 is 34.1 Å². The minimum absolute atomic E-state index is 0.342. The second kappa shape index (κ2) is 48.0. The molecule has 0 radical (unpaired) electrons. The Bertz CT molecular complexity index is 6840. The Morgan fingerprint density at radius 1 is 0.226 bits per heavy atom. The van der Waals surface area contributed by atoms with Crippen LogP contribution in [0, 0.1) is 13.8 Å². The average molecular weight is 1780 g/mol. The van der Waals surface area contributed by atoms with Crippen molar-refractivity contribution >= 4 is 143 Å². The first-order valence-electron chi connectivity index (χ1n) is 46.2. The van der Waals surface area contributed by atoms with Gasteiger partial charge in [-0.1, -0.05) is 353 Å². The second-order valence-electron chi connectivity index (χ2n) is 32.9. The number of benzene rings is 19. The highest BCUT2D eigenvalue weighted by atomic mass is 16.5. The normalized spacial score (nSPS) is 10.4. The molecule has 0 fully saturated rings. The van der Waals surface area contributed by atoms with Gasteiger partial charge >= 0.3 is 5.97 Å². The highest BCUT2D eigenvalue weighted by Crippen LogP contribution is 2.43. The van der Waals surface area contributed by atoms with Crippen LogP contribution in [-0.2, 0) is 22.4 Å². The minimum Gasteiger partial charge on any atom is -0.462 e. The third-order valence-corrected chi connectivity index (χ3v) is 23.2. The SMILES string of the molecule is C=C(C)C(=O)OCCc1ccc(N(c2ccccc2)c2ccccc2)cc1.C=Cc1ccc(Cc2ccc(N(c3ccccc3)c3ccccc3)cc2)cc1.C=Cc1ccc(N(c2ccc(C)cc2)c2ccc(C)cc2)cc1.C=Cc1ccc(N(c2ccccc2)c2ccc(N(c3ccccc3)c3ccccc3)cc2)cc1.C=Cc1ccc(N(c2ccccc2)c2ccc3ccccc3c2)cc1. The molecule has 0 aromatic heterocycles. The fourth-order valence-corrected chi connectivity index (χ4v) is 16.0. The fraction of sp³-hybridized carbons (Fsp3) is 0.0465. The van der Waals surface area contributed by atoms with Gasteiger partial charge in [-0.05, 0) is 295 Å². The quantitative estimate of drug-likeness (QED) is 0.0355. The number of ether oxygens (including phenoxy) is 1. The summed E-state index contributed by atoms with van der Waals surface area (Å²) in [6, 6.07) is 176. The summed E-state index contributed by atoms with van der Waals surface area (Å²) >= 11 is 0. The monoisotopic (exact) mass is 1780 g/mol. The van der Waals surface area contributed by atoms with Crippen molar-refractivity contribution in [2.45, 2.75) is 33.6 Å². The number of nitrogens with zero attached hydrogens (tertiary/aromatic N) is 6. The van der Waals surface area contributed by atoms with E-state index in [-0.39, 0.29) is 5.97 Å². The van der Waals surface area contributed by atoms with E-state index < -0.39 is 0 Å². The predicted molar refractivity (Wildman–Crippen MR) is 586 cm³/mol. The minimum atomic E-state index is -0.342. The maximum atomic E-state index is 11.5. The smallest absolute Gasteiger partial charge is 0.333 e. The zero-order valence-corrected chi connectivity index (χ0v) is 77.9. The lowest BCUT2D eigenvalue weighted by Crippen LogP contribution is -2.12. The third kappa shape index (κ3) is 25.6. The molecule has 8 nitrogen and oxygen atoms in total. The number of hydrogen-bond acceptors (Lipinski definition) is 8. The number of carbonyl (C=O) groups excluding carboxylic acids is 1. The zero-order chi connectivity index (χ0) is 94.7. The van der Waals surface area contributed by atoms with Crippen LogP contribution in [-0.4, -0.2) is 12.6 Å². The van der Waals surface area contributed by atoms with Crippen LogP contribution < -0.4 is 29.4 Å². The van der Waals surface area contributed by atoms with Crippen LogP contribution in [0.3, 0.4) is 0 Å². The van der Waals surface area contributed by atoms with Gasteiger partial charge in [0.1, 0.15) is 0 Å². The van der Waals surface area contributed by atoms with Crippen molar-refractivity contribution in [3.8, 4) is 0 Å². The molecule has 19 rings (SSSR count). The van der Waals surface area contributed by atoms with E-state index in [0.29, 0.717) is 18.6 Å². The molecular formula is C129H112N6O2. The zero-order valence-electron chi connectivity index (χ0n) is 77.9. The lowest BCUT2D eigenvalue weighted by atomic mass is 10.0. The van der Waals surface area contributed by atoms with Crippen LogP contribution >= 0.6 is 0 Å². The second-order valence-corrected chi connectivity index (χ2v) is 32.9. The summed E-state index contributed by atoms with van der Waals surface area (Å²) < 4.78 is 5.17. The van der Waals surface area contributed by atoms with Crippen molar-refractivity contribution < 1.29 is 9.53 Å². The molecule has 19 aromatic rings. The number of rotatable bonds is 28. The molecule has 137 heavy (non-hydrogen) atoms. The summed E-state index contributed by atoms with van der Waals surface area (Å²) in [6.45, 7) is 25.2. The topological polar surface area (TPSA) is 45.7 Å². The van der Waals surface area contributed by atoms with Gasteiger partial charge in [0.05, 0.1) is 6.61 Å². The summed E-state index contributed by atoms with van der Waals surface area (Å²) in [5, 5.41) is 2.49. The van der Waals surface area contributed by atoms with E-state index in [0.717, 1.165) is 137 Å². The Labute approximate surface area is 809 Å². The summed E-state index contributed by atoms with van der Waals surface area (Å²) in [5.41, 5.74) is 31.5. The fourth-order valence-electron chi connectivity index (χ4n) is 16.0. The number of carbonyl (C=O) groups is 1. The van der Waals surface area contributed by atoms with Crippen molar-refractivity contribution in [1.82, 2.24) is 0 Å². The van der Waals surface area contributed by atoms with E-state index in [1.807, 2.05) is 97.1 Å². The summed E-state index contributed by atoms with van der Waals surface area (Å²) in [7, 11) is 0. The van der Waals surface area contributed by atoms with Gasteiger partial charge in [0.2, 0.25) is 0 Å². The molecule has 0 N–H and O–H groups in total. The van der Waals surface area contributed by atoms with Crippen molar-refractivity contribution in [3.05, 3.63) is 592 Å². The molecule has 0 heterocycles. The van der Waals surface area contributed by atoms with Crippen LogP contribution in [0.4, 0.5) is 102 Å². The highest BCUT2D eigenvalue weighted by molar-refractivity contribution is 5.91. The largest absolute Gasteiger partial charge is 0.462 e. The summed E-state index contributed by atoms with van der Waals surface area (Å²) in [4.78, 5) is 25.0. The first-order chi connectivity index (χ1) is 67.3. The van der Waals surface area contributed by atoms with Crippen LogP contribution in [0.2, 0.25) is 0 Å². The molecule has 0 spiro atoms. The molecule has 0 aliphatic heterocycles. The van der Waals surface area contributed by atoms with Gasteiger partial charge in [0, 0.05) is 114 Å². The van der Waals surface area contributed by atoms with Crippen molar-refractivity contribution in [2.24, 2.45) is 0 Å². The molecule has 8 heteroatoms. The first-order valence-corrected chi connectivity index (χ1v) is 46.2. The molecular weight excluding hydrogens is 1670 g/mol. The molecule has 670 valence electrons. The Kier molecular flexibility index (Phi) is 33.0. The number of fused-ring (bicyclic) bond motifs is 1. The van der Waals surface area contributed by atoms with Crippen molar-refractivity contribution in [1.29, 1.82) is 0 Å². The summed E-state index contributed by atoms with van der Waals surface area (Å²) in [5.74, 6) is -0.342. The van der Waals surface area contributed by atoms with Gasteiger partial charge in [0.25, 0.3) is 0 Å². The van der Waals surface area contributed by atoms with E-state index in [1.54, 1.807) is 6.92 Å². The third-order valence-electron chi connectivity index (χ3n) is 23.2. The van der Waals surface area contributed by atoms with Gasteiger partial charge in [-0.25, -0.2) is 4.79 Å². The lowest BCUT2D eigenvalue weighted by Gasteiger charge is -2.28. The van der Waals surface area contributed by atoms with Crippen LogP contribution in [0.25, 0.3) is 35.1 Å². The molecule has 0 saturated carbocycles. The molecule has 0 amide bonds. The number of aryl methyl sites for hydroxylation is 2. The Balaban J connectivity index is 0.000000131. The predicted octanol–water partition coefficient (Wildman–Crippen LogP) is 35.8. The van der Waals surface area contributed by atoms with Gasteiger partial charge in [-0.2, -0.15) is 0 Å². The van der Waals surface area contributed by atoms with Crippen LogP contribution in [0.5, 0.6) is 0 Å². The lowest BCUT2D eigenvalue weighted by molar-refractivity contribution is -0.138. The molecule has 0 saturated heterocycles. The maximum absolute atomic E-state index is 11.5. The van der Waals surface area contributed by atoms with E-state index >= 15 is 0 Å². The van der Waals surface area contributed by atoms with E-state index in [2.05, 4.69) is 507 Å². The van der Waals surface area contributed by atoms with E-state index in [1.165, 1.54) is 33.0 Å². The molecule has 19 aromatic carbocycles. The van der Waals surface area contributed by atoms with E-state index in [9.17, 15) is 4.79 Å². The van der Waals surface area contributed by atoms with E-state index in [4.69, 9.17) is 4.74 Å². The van der Waals surface area contributed by atoms with Gasteiger partial charge in [-0.15, -0.1) is 0 Å². The number of esters is 1. The van der Waals surface area contributed by atoms with Gasteiger partial charge in [0.15, 0.2) is 0 Å². The Hall–Kier alpha value is -17.6. The molecule has 0 atom stereocenters. The Morgan fingerprint density at radius 3 is 0.672 bits per heavy atom. The van der Waals surface area contributed by atoms with Crippen LogP contribution in [0.1, 0.15) is 57.0 Å². The van der Waals surface area contributed by atoms with Crippen molar-refractivity contribution in [2.75, 3.05) is 36.0 Å². The van der Waals surface area contributed by atoms with Gasteiger partial charge in [-0.3, -0.25) is 0 Å². The highest BCUT2D eigenvalue weighted by Gasteiger charge is 2.20. The molecule has 0 bridgehead atoms. The number of anilines is 18. The summed E-state index contributed by atoms with van der Waals surface area (Å²) in [6.07, 6.45) is 9.08. The van der Waals surface area contributed by atoms with Crippen LogP contribution in [0.15, 0.2) is 542 Å².